The summed E-state index contributed by atoms with van der Waals surface area (Å²) in [6.45, 7) is 1.39. The lowest BCUT2D eigenvalue weighted by Gasteiger charge is -2.31. The van der Waals surface area contributed by atoms with Gasteiger partial charge in [-0.15, -0.1) is 40.5 Å². The maximum absolute atomic E-state index is 10.3. The van der Waals surface area contributed by atoms with Gasteiger partial charge in [0, 0.05) is 0 Å². The minimum atomic E-state index is -3.69. The van der Waals surface area contributed by atoms with E-state index in [9.17, 15) is 40.5 Å². The molecule has 0 rings (SSSR count). The summed E-state index contributed by atoms with van der Waals surface area (Å²) in [5, 5.41) is 34.6. The molecule has 0 spiro atoms. The maximum Gasteiger partial charge on any atom is 0.433 e. The Morgan fingerprint density at radius 3 is 1.48 bits per heavy atom. The van der Waals surface area contributed by atoms with Crippen LogP contribution < -0.4 is 0 Å². The zero-order chi connectivity index (χ0) is 16.6. The average molecular weight is 316 g/mol. The summed E-state index contributed by atoms with van der Waals surface area (Å²) in [5.41, 5.74) is 0. The molecule has 0 heterocycles. The van der Waals surface area contributed by atoms with E-state index in [0.29, 0.717) is 0 Å². The Balaban J connectivity index is 5.71. The molecule has 0 aliphatic heterocycles. The van der Waals surface area contributed by atoms with Crippen molar-refractivity contribution in [3.63, 3.8) is 0 Å². The Labute approximate surface area is 113 Å². The van der Waals surface area contributed by atoms with Crippen molar-refractivity contribution in [2.45, 2.75) is 31.8 Å². The van der Waals surface area contributed by atoms with Crippen molar-refractivity contribution in [3.05, 3.63) is 40.5 Å². The highest BCUT2D eigenvalue weighted by molar-refractivity contribution is 4.67. The summed E-state index contributed by atoms with van der Waals surface area (Å²) < 4.78 is 0. The van der Waals surface area contributed by atoms with Crippen LogP contribution in [0.5, 0.6) is 0 Å². The Morgan fingerprint density at radius 2 is 1.24 bits per heavy atom. The molecule has 0 aromatic heterocycles. The van der Waals surface area contributed by atoms with Crippen LogP contribution in [-0.4, -0.2) is 32.4 Å². The molecule has 0 saturated heterocycles. The van der Waals surface area contributed by atoms with Gasteiger partial charge in [-0.3, -0.25) is 0 Å². The minimum Gasteiger partial charge on any atom is -0.303 e. The van der Waals surface area contributed by atoms with E-state index in [1.54, 1.807) is 0 Å². The first kappa shape index (κ1) is 17.8. The smallest absolute Gasteiger partial charge is 0.303 e. The number of hydrogen-bond donors (Lipinski definition) is 0. The average Bonchev–Trinajstić information content (AvgIpc) is 2.24. The van der Waals surface area contributed by atoms with Crippen LogP contribution in [0.1, 0.15) is 19.8 Å². The molecule has 16 heteroatoms. The minimum absolute atomic E-state index is 0.00345. The lowest BCUT2D eigenvalue weighted by atomic mass is 10.2. The fraction of sp³-hybridized carbons (Fsp3) is 1.00. The summed E-state index contributed by atoms with van der Waals surface area (Å²) >= 11 is 0. The van der Waals surface area contributed by atoms with Crippen LogP contribution in [0, 0.1) is 40.5 Å². The molecule has 0 bridgehead atoms. The van der Waals surface area contributed by atoms with Crippen molar-refractivity contribution in [2.75, 3.05) is 0 Å². The number of hydrogen-bond acceptors (Lipinski definition) is 12. The molecular formula is C5H8N4O12. The van der Waals surface area contributed by atoms with Gasteiger partial charge < -0.3 is 4.84 Å². The molecule has 0 aromatic rings. The van der Waals surface area contributed by atoms with E-state index in [2.05, 4.69) is 19.4 Å². The summed E-state index contributed by atoms with van der Waals surface area (Å²) in [6, 6.07) is 0. The van der Waals surface area contributed by atoms with Gasteiger partial charge in [0.1, 0.15) is 0 Å². The van der Waals surface area contributed by atoms with Crippen LogP contribution in [0.3, 0.4) is 0 Å². The maximum atomic E-state index is 10.3. The second kappa shape index (κ2) is 7.40. The van der Waals surface area contributed by atoms with Gasteiger partial charge in [0.05, 0.1) is 0 Å². The lowest BCUT2D eigenvalue weighted by molar-refractivity contribution is -0.967. The Kier molecular flexibility index (Phi) is 6.28. The molecule has 0 saturated carbocycles. The monoisotopic (exact) mass is 316 g/mol. The lowest BCUT2D eigenvalue weighted by Crippen LogP contribution is -2.55. The van der Waals surface area contributed by atoms with E-state index in [1.165, 1.54) is 6.92 Å². The van der Waals surface area contributed by atoms with Crippen LogP contribution in [-0.2, 0) is 19.4 Å². The van der Waals surface area contributed by atoms with Gasteiger partial charge in [-0.05, 0) is 6.42 Å². The van der Waals surface area contributed by atoms with Crippen LogP contribution in [0.2, 0.25) is 0 Å². The fourth-order valence-corrected chi connectivity index (χ4v) is 1.20. The normalized spacial score (nSPS) is 11.9. The number of rotatable bonds is 11. The number of nitrogens with zero attached hydrogens (tertiary/aromatic N) is 4. The van der Waals surface area contributed by atoms with Crippen molar-refractivity contribution in [2.24, 2.45) is 0 Å². The zero-order valence-corrected chi connectivity index (χ0v) is 10.2. The van der Waals surface area contributed by atoms with Gasteiger partial charge in [-0.2, -0.15) is 0 Å². The largest absolute Gasteiger partial charge is 0.433 e. The third kappa shape index (κ3) is 5.98. The van der Waals surface area contributed by atoms with E-state index in [-0.39, 0.29) is 6.42 Å². The van der Waals surface area contributed by atoms with Gasteiger partial charge in [-0.1, -0.05) is 13.3 Å². The van der Waals surface area contributed by atoms with Crippen LogP contribution >= 0.6 is 0 Å². The Bertz CT molecular complexity index is 383. The highest BCUT2D eigenvalue weighted by Gasteiger charge is 2.53. The quantitative estimate of drug-likeness (QED) is 0.271. The first-order chi connectivity index (χ1) is 9.62. The van der Waals surface area contributed by atoms with Crippen LogP contribution in [0.15, 0.2) is 0 Å². The molecule has 0 N–H and O–H groups in total. The van der Waals surface area contributed by atoms with Gasteiger partial charge in [-0.25, -0.2) is 14.5 Å². The first-order valence-corrected chi connectivity index (χ1v) is 4.94. The van der Waals surface area contributed by atoms with Crippen molar-refractivity contribution in [1.82, 2.24) is 0 Å². The predicted molar refractivity (Wildman–Crippen MR) is 53.7 cm³/mol. The Hall–Kier alpha value is -3.20. The van der Waals surface area contributed by atoms with E-state index in [4.69, 9.17) is 0 Å². The van der Waals surface area contributed by atoms with Crippen LogP contribution in [0.4, 0.5) is 0 Å². The second-order valence-corrected chi connectivity index (χ2v) is 3.15. The molecule has 1 unspecified atom stereocenters. The third-order valence-corrected chi connectivity index (χ3v) is 1.76. The summed E-state index contributed by atoms with van der Waals surface area (Å²) in [7, 11) is 0. The predicted octanol–water partition coefficient (Wildman–Crippen LogP) is -0.358. The third-order valence-electron chi connectivity index (χ3n) is 1.76. The summed E-state index contributed by atoms with van der Waals surface area (Å²) in [5.74, 6) is -3.69. The highest BCUT2D eigenvalue weighted by Crippen LogP contribution is 2.27. The molecule has 0 aliphatic rings. The van der Waals surface area contributed by atoms with Crippen molar-refractivity contribution >= 4 is 0 Å². The van der Waals surface area contributed by atoms with Crippen molar-refractivity contribution in [3.8, 4) is 0 Å². The molecule has 16 nitrogen and oxygen atoms in total. The highest BCUT2D eigenvalue weighted by atomic mass is 17.2. The fourth-order valence-electron chi connectivity index (χ4n) is 1.20. The molecule has 1 atom stereocenters. The van der Waals surface area contributed by atoms with Crippen molar-refractivity contribution < 1.29 is 39.7 Å². The zero-order valence-electron chi connectivity index (χ0n) is 10.2. The van der Waals surface area contributed by atoms with Gasteiger partial charge >= 0.3 is 5.97 Å². The molecule has 0 aromatic carbocycles. The van der Waals surface area contributed by atoms with Gasteiger partial charge in [0.15, 0.2) is 6.10 Å². The first-order valence-electron chi connectivity index (χ1n) is 4.94. The van der Waals surface area contributed by atoms with E-state index >= 15 is 0 Å². The van der Waals surface area contributed by atoms with Crippen molar-refractivity contribution in [1.29, 1.82) is 0 Å². The standard InChI is InChI=1S/C5H8N4O12/c1-2-3-4(18-6(10)11)5(19-7(12)13,20-8(14)15)21-9(16)17/h4H,2-3H2,1H3. The summed E-state index contributed by atoms with van der Waals surface area (Å²) in [6.07, 6.45) is -2.81. The van der Waals surface area contributed by atoms with E-state index in [0.717, 1.165) is 0 Å². The molecule has 0 radical (unpaired) electrons. The summed E-state index contributed by atoms with van der Waals surface area (Å²) in [4.78, 5) is 56.1. The topological polar surface area (TPSA) is 209 Å². The van der Waals surface area contributed by atoms with Gasteiger partial charge in [0.25, 0.3) is 20.3 Å². The molecular weight excluding hydrogens is 308 g/mol. The molecule has 0 amide bonds. The SMILES string of the molecule is CCCC(O[N+](=O)[O-])C(O[N+](=O)[O-])(O[N+](=O)[O-])O[N+](=O)[O-]. The molecule has 21 heavy (non-hydrogen) atoms. The Morgan fingerprint density at radius 1 is 0.857 bits per heavy atom. The van der Waals surface area contributed by atoms with E-state index in [1.807, 2.05) is 0 Å². The second-order valence-electron chi connectivity index (χ2n) is 3.15. The van der Waals surface area contributed by atoms with Gasteiger partial charge in [0.2, 0.25) is 0 Å². The molecule has 0 aliphatic carbocycles. The van der Waals surface area contributed by atoms with E-state index < -0.39 is 38.8 Å². The molecule has 120 valence electrons. The molecule has 0 fully saturated rings. The van der Waals surface area contributed by atoms with Crippen LogP contribution in [0.25, 0.3) is 0 Å².